The van der Waals surface area contributed by atoms with Crippen molar-refractivity contribution in [1.82, 2.24) is 117 Å². The molecular weight excluding hydrogens is 2270 g/mol. The molecular formula is C72H93N30O34P7S7. The number of hydrogen-bond acceptors (Lipinski definition) is 53. The van der Waals surface area contributed by atoms with Crippen LogP contribution in [0.25, 0.3) is 55.8 Å². The SMILES string of the molecule is CC[C@H]1O[C@@H](n2cc(C)c(N)nc2=O)CC1OP(O)(=S)OC[C@H]1O[C@@H](n2cnc3c(N)ncnc32)CC1OP(O)(=S)OC[C@H]1O[C@@H](n2cnc3c(=O)[nH]c(N)nc32)CC1OP(O)(=S)OC[C@H]1O[C@@H](n2cnc3c(=O)[nH]c(N)nc32)CC1OP(O)(=S)OC[C@H]1O[C@@H](n2cnc3c(=O)[nH]c(N)nc32)CC1OP(O)(=S)OC[C@H]1O[C@@H](n2cc(C)c(=O)[nH]c2=O)CC1OP(O)(=S)OC[C@H]1O[C@@H](n2cnc3c(N)ncnc32)CC1OP(O)(=S)OC. The van der Waals surface area contributed by atoms with Crippen LogP contribution in [0.3, 0.4) is 0 Å². The topological polar surface area (TPSA) is 859 Å². The highest BCUT2D eigenvalue weighted by Gasteiger charge is 2.52. The molecule has 28 atom stereocenters. The second-order valence-corrected chi connectivity index (χ2v) is 54.3. The van der Waals surface area contributed by atoms with Crippen LogP contribution in [0.5, 0.6) is 0 Å². The summed E-state index contributed by atoms with van der Waals surface area (Å²) in [5.74, 6) is -0.837. The molecule has 0 radical (unpaired) electrons. The second kappa shape index (κ2) is 43.8. The van der Waals surface area contributed by atoms with Gasteiger partial charge in [0.2, 0.25) is 17.8 Å². The summed E-state index contributed by atoms with van der Waals surface area (Å²) in [6.07, 6.45) is -15.9. The van der Waals surface area contributed by atoms with Crippen LogP contribution in [0.4, 0.5) is 35.3 Å². The first-order valence-corrected chi connectivity index (χ1v) is 62.9. The Morgan fingerprint density at radius 2 is 0.587 bits per heavy atom. The van der Waals surface area contributed by atoms with Gasteiger partial charge in [0.1, 0.15) is 110 Å². The summed E-state index contributed by atoms with van der Waals surface area (Å²) < 4.78 is 139. The van der Waals surface area contributed by atoms with Crippen LogP contribution < -0.4 is 68.0 Å². The lowest BCUT2D eigenvalue weighted by molar-refractivity contribution is -0.0565. The average molecular weight is 2360 g/mol. The van der Waals surface area contributed by atoms with Crippen LogP contribution in [-0.4, -0.2) is 283 Å². The number of imidazole rings is 5. The lowest BCUT2D eigenvalue weighted by atomic mass is 10.1. The van der Waals surface area contributed by atoms with Gasteiger partial charge in [-0.05, 0) is 103 Å². The molecule has 0 spiro atoms. The number of anilines is 6. The Balaban J connectivity index is 0.550. The zero-order valence-electron chi connectivity index (χ0n) is 77.8. The van der Waals surface area contributed by atoms with E-state index in [9.17, 15) is 63.0 Å². The molecule has 812 valence electrons. The van der Waals surface area contributed by atoms with Gasteiger partial charge in [0, 0.05) is 75.6 Å². The number of rotatable bonds is 41. The number of nitrogens with zero attached hydrogens (tertiary/aromatic N) is 20. The minimum absolute atomic E-state index is 0.0242. The summed E-state index contributed by atoms with van der Waals surface area (Å²) in [6, 6.07) is 0. The Kier molecular flexibility index (Phi) is 32.2. The van der Waals surface area contributed by atoms with E-state index in [1.54, 1.807) is 13.8 Å². The molecule has 7 aliphatic heterocycles. The molecule has 0 aliphatic carbocycles. The maximum Gasteiger partial charge on any atom is 0.351 e. The standard InChI is InChI=1S/C72H93N30O34P7S7/c1-5-30-31(6-44(123-30)96-13-28(2)56(73)88-71(96)107)131-138(110,145)117-17-40-34(9-47(126-40)99-24-84-52-58(75)80-22-82-60(52)99)133-141(113,148)120-18-41-36(11-49(127-41)101-26-86-54-62(101)90-69(77)93-66(54)105)135-143(115,150)122-20-43-37(12-50(129-43)102-27-87-55-63(102)91-70(78)94-67(55)106)136-142(114,149)121-19-42-35(10-48(128-42)100-25-85-53-61(100)89-68(76)92-65(53)104)134-140(112,147)119-16-39-33(7-45(124-39)97-14-29(3)64(103)95-72(97)108)132-139(111,146)118-15-38-32(130-137(109,144)116-4)8-46(125-38)98-23-83-51-57(74)79-21-81-59(51)98/h13-14,21-27,30-50H,5-12,15-20H2,1-4H3,(H,109,144)(H,110,145)(H,111,146)(H,112,147)(H,113,148)(H,114,149)(H,115,150)(H2,73,88,107)(H2,74,79,81)(H2,75,80,82)(H,95,103,108)(H3,76,89,92,104)(H3,77,90,93,105)(H3,78,91,94,106)/t30-,31?,32?,33?,34?,35?,36?,37?,38-,39-,40-,41-,42-,43-,44-,45-,46-,47-,48-,49-,50-,137?,138?,139?,140?,141?,142?,143?/m1/s1. The number of H-pyrrole nitrogens is 4. The molecule has 19 rings (SSSR count). The molecule has 0 bridgehead atoms. The third kappa shape index (κ3) is 24.4. The summed E-state index contributed by atoms with van der Waals surface area (Å²) in [5.41, 5.74) is 32.4. The van der Waals surface area contributed by atoms with Crippen molar-refractivity contribution in [3.63, 3.8) is 0 Å². The summed E-state index contributed by atoms with van der Waals surface area (Å²) in [5, 5.41) is 0. The molecule has 150 heavy (non-hydrogen) atoms. The van der Waals surface area contributed by atoms with E-state index in [0.29, 0.717) is 12.0 Å². The van der Waals surface area contributed by atoms with Gasteiger partial charge < -0.3 is 165 Å². The van der Waals surface area contributed by atoms with E-state index in [-0.39, 0.29) is 142 Å². The van der Waals surface area contributed by atoms with Gasteiger partial charge in [0.25, 0.3) is 22.2 Å². The van der Waals surface area contributed by atoms with Crippen molar-refractivity contribution in [1.29, 1.82) is 0 Å². The molecule has 0 amide bonds. The third-order valence-corrected chi connectivity index (χ3v) is 36.0. The molecule has 78 heteroatoms. The highest BCUT2D eigenvalue weighted by molar-refractivity contribution is 8.09. The first-order valence-electron chi connectivity index (χ1n) is 44.8. The molecule has 7 fully saturated rings. The Bertz CT molecular complexity index is 7950. The van der Waals surface area contributed by atoms with Gasteiger partial charge in [-0.2, -0.15) is 19.9 Å². The molecule has 19 heterocycles. The predicted octanol–water partition coefficient (Wildman–Crippen LogP) is 0.365. The number of fused-ring (bicyclic) bond motifs is 5. The minimum atomic E-state index is -4.78. The predicted molar refractivity (Wildman–Crippen MR) is 543 cm³/mol. The highest BCUT2D eigenvalue weighted by Crippen LogP contribution is 2.59. The monoisotopic (exact) mass is 2360 g/mol. The maximum absolute atomic E-state index is 13.5. The van der Waals surface area contributed by atoms with Crippen molar-refractivity contribution in [2.45, 2.75) is 201 Å². The molecule has 14 unspecified atom stereocenters. The van der Waals surface area contributed by atoms with Crippen LogP contribution in [0.2, 0.25) is 0 Å². The van der Waals surface area contributed by atoms with Gasteiger partial charge in [0.05, 0.1) is 120 Å². The molecule has 0 saturated carbocycles. The molecule has 64 nitrogen and oxygen atoms in total. The normalized spacial score (nSPS) is 29.1. The van der Waals surface area contributed by atoms with Gasteiger partial charge >= 0.3 is 58.4 Å². The first-order chi connectivity index (χ1) is 71.0. The zero-order valence-corrected chi connectivity index (χ0v) is 89.7. The van der Waals surface area contributed by atoms with Crippen molar-refractivity contribution >= 4 is 221 Å². The Labute approximate surface area is 875 Å². The van der Waals surface area contributed by atoms with Crippen LogP contribution in [-0.2, 0) is 179 Å². The summed E-state index contributed by atoms with van der Waals surface area (Å²) in [6.45, 7) is -31.1. The maximum atomic E-state index is 13.5. The largest absolute Gasteiger partial charge is 0.383 e. The van der Waals surface area contributed by atoms with Crippen molar-refractivity contribution in [2.75, 3.05) is 81.2 Å². The molecule has 7 saturated heterocycles. The number of aromatic nitrogens is 24. The molecule has 0 aromatic carbocycles. The minimum Gasteiger partial charge on any atom is -0.383 e. The lowest BCUT2D eigenvalue weighted by Crippen LogP contribution is -2.33. The fourth-order valence-corrected chi connectivity index (χ4v) is 27.6. The van der Waals surface area contributed by atoms with Gasteiger partial charge in [-0.15, -0.1) is 0 Å². The number of ether oxygens (including phenoxy) is 7. The van der Waals surface area contributed by atoms with Gasteiger partial charge in [-0.3, -0.25) is 71.1 Å². The van der Waals surface area contributed by atoms with E-state index in [1.165, 1.54) is 91.0 Å². The third-order valence-electron chi connectivity index (χ3n) is 24.8. The molecule has 7 aliphatic rings. The van der Waals surface area contributed by atoms with E-state index in [4.69, 9.17) is 214 Å². The van der Waals surface area contributed by atoms with Crippen molar-refractivity contribution in [3.8, 4) is 0 Å². The zero-order chi connectivity index (χ0) is 107. The van der Waals surface area contributed by atoms with Gasteiger partial charge in [-0.25, -0.2) is 54.4 Å². The van der Waals surface area contributed by atoms with E-state index in [0.717, 1.165) is 11.7 Å². The molecule has 12 aromatic heterocycles. The van der Waals surface area contributed by atoms with E-state index >= 15 is 0 Å². The summed E-state index contributed by atoms with van der Waals surface area (Å²) in [7, 11) is 1.14. The highest BCUT2D eigenvalue weighted by atomic mass is 32.5. The molecule has 12 aromatic rings. The molecule has 23 N–H and O–H groups in total. The van der Waals surface area contributed by atoms with Gasteiger partial charge in [0.15, 0.2) is 56.4 Å². The van der Waals surface area contributed by atoms with E-state index in [2.05, 4.69) is 84.7 Å². The number of nitrogens with two attached hydrogens (primary N) is 6. The Hall–Kier alpha value is -8.06. The second-order valence-electron chi connectivity index (χ2n) is 34.7. The smallest absolute Gasteiger partial charge is 0.351 e. The number of aromatic amines is 4. The van der Waals surface area contributed by atoms with Crippen LogP contribution in [0.1, 0.15) is 113 Å². The Morgan fingerprint density at radius 1 is 0.327 bits per heavy atom. The summed E-state index contributed by atoms with van der Waals surface area (Å²) >= 11 is 39.4. The van der Waals surface area contributed by atoms with Crippen LogP contribution in [0, 0.1) is 13.8 Å². The number of nitrogen functional groups attached to an aromatic ring is 6. The van der Waals surface area contributed by atoms with Crippen molar-refractivity contribution in [2.24, 2.45) is 0 Å². The van der Waals surface area contributed by atoms with Crippen molar-refractivity contribution in [3.05, 3.63) is 130 Å². The van der Waals surface area contributed by atoms with E-state index in [1.807, 2.05) is 0 Å². The summed E-state index contributed by atoms with van der Waals surface area (Å²) in [4.78, 5) is 227. The fraction of sp³-hybridized carbons (Fsp3) is 0.542. The number of aryl methyl sites for hydroxylation is 2. The lowest BCUT2D eigenvalue weighted by Gasteiger charge is -2.29. The number of nitrogens with one attached hydrogen (secondary N) is 4. The average Bonchev–Trinajstić information content (AvgIpc) is 1.63. The van der Waals surface area contributed by atoms with Crippen LogP contribution in [0.15, 0.2) is 85.5 Å². The number of hydrogen-bond donors (Lipinski definition) is 17. The quantitative estimate of drug-likeness (QED) is 0.0230. The van der Waals surface area contributed by atoms with Crippen molar-refractivity contribution < 1.29 is 131 Å². The fourth-order valence-electron chi connectivity index (χ4n) is 17.8. The van der Waals surface area contributed by atoms with E-state index < -0.39 is 249 Å². The Morgan fingerprint density at radius 3 is 0.887 bits per heavy atom. The van der Waals surface area contributed by atoms with Crippen LogP contribution >= 0.6 is 47.0 Å². The first kappa shape index (κ1) is 110. The van der Waals surface area contributed by atoms with Gasteiger partial charge in [-0.1, -0.05) is 6.92 Å².